The number of ether oxygens (including phenoxy) is 1. The summed E-state index contributed by atoms with van der Waals surface area (Å²) in [7, 11) is 0. The number of hydrogen-bond acceptors (Lipinski definition) is 4. The Morgan fingerprint density at radius 1 is 1.23 bits per heavy atom. The average molecular weight is 316 g/mol. The molecular formula is C16H14ClN3O2. The molecule has 1 N–H and O–H groups in total. The maximum Gasteiger partial charge on any atom is 0.271 e. The Hall–Kier alpha value is -2.66. The number of nitrogens with zero attached hydrogens (tertiary/aromatic N) is 2. The lowest BCUT2D eigenvalue weighted by atomic mass is 10.2. The number of nitrogens with one attached hydrogen (secondary N) is 1. The van der Waals surface area contributed by atoms with Crippen molar-refractivity contribution in [1.82, 2.24) is 10.4 Å². The molecule has 0 saturated heterocycles. The molecule has 2 rings (SSSR count). The minimum Gasteiger partial charge on any atom is -0.490 e. The maximum atomic E-state index is 11.7. The van der Waals surface area contributed by atoms with Crippen LogP contribution in [0.5, 0.6) is 5.75 Å². The molecule has 22 heavy (non-hydrogen) atoms. The zero-order chi connectivity index (χ0) is 15.6. The Morgan fingerprint density at radius 3 is 2.64 bits per heavy atom. The molecule has 0 aliphatic heterocycles. The van der Waals surface area contributed by atoms with Crippen molar-refractivity contribution in [1.29, 1.82) is 0 Å². The monoisotopic (exact) mass is 315 g/mol. The average Bonchev–Trinajstić information content (AvgIpc) is 2.57. The van der Waals surface area contributed by atoms with Gasteiger partial charge in [0.2, 0.25) is 0 Å². The van der Waals surface area contributed by atoms with Gasteiger partial charge in [0.1, 0.15) is 12.4 Å². The fraction of sp³-hybridized carbons (Fsp3) is 0.0625. The zero-order valence-corrected chi connectivity index (χ0v) is 12.4. The van der Waals surface area contributed by atoms with Crippen LogP contribution in [-0.4, -0.2) is 23.7 Å². The van der Waals surface area contributed by atoms with Crippen LogP contribution in [0, 0.1) is 0 Å². The zero-order valence-electron chi connectivity index (χ0n) is 11.6. The highest BCUT2D eigenvalue weighted by Gasteiger charge is 2.01. The van der Waals surface area contributed by atoms with Crippen LogP contribution in [-0.2, 0) is 0 Å². The largest absolute Gasteiger partial charge is 0.490 e. The van der Waals surface area contributed by atoms with Crippen molar-refractivity contribution in [2.75, 3.05) is 6.61 Å². The molecule has 1 heterocycles. The second kappa shape index (κ2) is 8.59. The van der Waals surface area contributed by atoms with E-state index in [0.717, 1.165) is 11.3 Å². The van der Waals surface area contributed by atoms with Crippen molar-refractivity contribution in [2.24, 2.45) is 5.10 Å². The molecule has 0 atom stereocenters. The first-order chi connectivity index (χ1) is 10.8. The number of benzene rings is 1. The van der Waals surface area contributed by atoms with Crippen molar-refractivity contribution in [3.63, 3.8) is 0 Å². The van der Waals surface area contributed by atoms with Crippen molar-refractivity contribution >= 4 is 23.7 Å². The molecule has 1 aromatic heterocycles. The first-order valence-electron chi connectivity index (χ1n) is 6.51. The second-order valence-electron chi connectivity index (χ2n) is 4.18. The summed E-state index contributed by atoms with van der Waals surface area (Å²) in [6.45, 7) is 0.416. The van der Waals surface area contributed by atoms with Gasteiger partial charge in [-0.3, -0.25) is 9.78 Å². The number of hydrazone groups is 1. The van der Waals surface area contributed by atoms with Crippen LogP contribution in [0.25, 0.3) is 0 Å². The molecule has 0 spiro atoms. The van der Waals surface area contributed by atoms with Crippen LogP contribution >= 0.6 is 11.6 Å². The highest BCUT2D eigenvalue weighted by atomic mass is 35.5. The number of aromatic nitrogens is 1. The van der Waals surface area contributed by atoms with Crippen molar-refractivity contribution in [3.05, 3.63) is 71.5 Å². The van der Waals surface area contributed by atoms with E-state index in [2.05, 4.69) is 15.5 Å². The summed E-state index contributed by atoms with van der Waals surface area (Å²) < 4.78 is 5.41. The Morgan fingerprint density at radius 2 is 1.95 bits per heavy atom. The summed E-state index contributed by atoms with van der Waals surface area (Å²) >= 11 is 5.40. The number of hydrogen-bond donors (Lipinski definition) is 1. The highest BCUT2D eigenvalue weighted by Crippen LogP contribution is 2.11. The van der Waals surface area contributed by atoms with Crippen LogP contribution in [0.2, 0.25) is 0 Å². The van der Waals surface area contributed by atoms with Crippen LogP contribution in [0.4, 0.5) is 0 Å². The first-order valence-corrected chi connectivity index (χ1v) is 6.95. The van der Waals surface area contributed by atoms with E-state index < -0.39 is 0 Å². The van der Waals surface area contributed by atoms with Gasteiger partial charge >= 0.3 is 0 Å². The van der Waals surface area contributed by atoms with Crippen molar-refractivity contribution in [3.8, 4) is 5.75 Å². The normalized spacial score (nSPS) is 11.0. The van der Waals surface area contributed by atoms with Crippen LogP contribution < -0.4 is 10.2 Å². The molecule has 0 aliphatic carbocycles. The summed E-state index contributed by atoms with van der Waals surface area (Å²) in [5.74, 6) is 0.444. The van der Waals surface area contributed by atoms with Gasteiger partial charge in [-0.15, -0.1) is 0 Å². The van der Waals surface area contributed by atoms with Gasteiger partial charge in [-0.2, -0.15) is 5.10 Å². The topological polar surface area (TPSA) is 63.6 Å². The number of rotatable bonds is 6. The Kier molecular flexibility index (Phi) is 6.14. The minimum absolute atomic E-state index is 0.286. The summed E-state index contributed by atoms with van der Waals surface area (Å²) in [6, 6.07) is 10.5. The third-order valence-electron chi connectivity index (χ3n) is 2.64. The predicted molar refractivity (Wildman–Crippen MR) is 86.2 cm³/mol. The minimum atomic E-state index is -0.286. The molecule has 0 bridgehead atoms. The maximum absolute atomic E-state index is 11.7. The summed E-state index contributed by atoms with van der Waals surface area (Å²) in [4.78, 5) is 15.6. The van der Waals surface area contributed by atoms with E-state index >= 15 is 0 Å². The summed E-state index contributed by atoms with van der Waals surface area (Å²) in [5.41, 5.74) is 5.21. The lowest BCUT2D eigenvalue weighted by molar-refractivity contribution is 0.0955. The van der Waals surface area contributed by atoms with E-state index in [4.69, 9.17) is 16.3 Å². The van der Waals surface area contributed by atoms with Crippen LogP contribution in [0.1, 0.15) is 15.9 Å². The standard InChI is InChI=1S/C16H14ClN3O2/c17-8-1-11-22-15-4-2-13(3-5-15)12-19-20-16(21)14-6-9-18-10-7-14/h1-10,12H,11H2,(H,20,21)/b8-1+,19-12+. The Labute approximate surface area is 133 Å². The molecule has 1 aromatic carbocycles. The molecule has 0 unspecified atom stereocenters. The quantitative estimate of drug-likeness (QED) is 0.658. The lowest BCUT2D eigenvalue weighted by Gasteiger charge is -2.02. The molecule has 0 radical (unpaired) electrons. The highest BCUT2D eigenvalue weighted by molar-refractivity contribution is 6.25. The summed E-state index contributed by atoms with van der Waals surface area (Å²) in [6.07, 6.45) is 6.36. The van der Waals surface area contributed by atoms with E-state index in [1.54, 1.807) is 36.8 Å². The molecule has 112 valence electrons. The fourth-order valence-electron chi connectivity index (χ4n) is 1.56. The third kappa shape index (κ3) is 5.03. The van der Waals surface area contributed by atoms with Gasteiger partial charge in [0.05, 0.1) is 6.21 Å². The molecule has 0 aliphatic rings. The van der Waals surface area contributed by atoms with Crippen molar-refractivity contribution in [2.45, 2.75) is 0 Å². The van der Waals surface area contributed by atoms with Gasteiger partial charge in [-0.05, 0) is 48.0 Å². The van der Waals surface area contributed by atoms with Gasteiger partial charge in [0, 0.05) is 23.5 Å². The molecule has 0 saturated carbocycles. The van der Waals surface area contributed by atoms with E-state index in [1.165, 1.54) is 5.54 Å². The van der Waals surface area contributed by atoms with Crippen molar-refractivity contribution < 1.29 is 9.53 Å². The van der Waals surface area contributed by atoms with Gasteiger partial charge in [0.15, 0.2) is 0 Å². The predicted octanol–water partition coefficient (Wildman–Crippen LogP) is 2.98. The van der Waals surface area contributed by atoms with Gasteiger partial charge in [0.25, 0.3) is 5.91 Å². The van der Waals surface area contributed by atoms with Gasteiger partial charge in [-0.25, -0.2) is 5.43 Å². The second-order valence-corrected chi connectivity index (χ2v) is 4.43. The molecular weight excluding hydrogens is 302 g/mol. The smallest absolute Gasteiger partial charge is 0.271 e. The number of carbonyl (C=O) groups excluding carboxylic acids is 1. The third-order valence-corrected chi connectivity index (χ3v) is 2.82. The molecule has 5 nitrogen and oxygen atoms in total. The van der Waals surface area contributed by atoms with Gasteiger partial charge in [-0.1, -0.05) is 11.6 Å². The first kappa shape index (κ1) is 15.7. The van der Waals surface area contributed by atoms with Crippen LogP contribution in [0.15, 0.2) is 65.5 Å². The molecule has 1 amide bonds. The van der Waals surface area contributed by atoms with E-state index in [-0.39, 0.29) is 5.91 Å². The number of amides is 1. The molecule has 0 fully saturated rings. The SMILES string of the molecule is O=C(N/N=C/c1ccc(OC/C=C/Cl)cc1)c1ccncc1. The van der Waals surface area contributed by atoms with E-state index in [9.17, 15) is 4.79 Å². The Balaban J connectivity index is 1.86. The molecule has 6 heteroatoms. The van der Waals surface area contributed by atoms with E-state index in [1.807, 2.05) is 24.3 Å². The Bertz CT molecular complexity index is 655. The fourth-order valence-corrected chi connectivity index (χ4v) is 1.64. The van der Waals surface area contributed by atoms with Gasteiger partial charge < -0.3 is 4.74 Å². The summed E-state index contributed by atoms with van der Waals surface area (Å²) in [5, 5.41) is 3.91. The van der Waals surface area contributed by atoms with E-state index in [0.29, 0.717) is 12.2 Å². The lowest BCUT2D eigenvalue weighted by Crippen LogP contribution is -2.17. The number of halogens is 1. The van der Waals surface area contributed by atoms with Crippen LogP contribution in [0.3, 0.4) is 0 Å². The number of carbonyl (C=O) groups is 1. The number of pyridine rings is 1. The molecule has 2 aromatic rings.